The van der Waals surface area contributed by atoms with Gasteiger partial charge in [0.25, 0.3) is 0 Å². The molecule has 0 bridgehead atoms. The molecule has 1 aliphatic rings. The molecule has 1 fully saturated rings. The highest BCUT2D eigenvalue weighted by atomic mass is 16.3. The first-order chi connectivity index (χ1) is 7.25. The number of nitrogens with zero attached hydrogens (tertiary/aromatic N) is 1. The maximum atomic E-state index is 9.47. The molecule has 0 saturated carbocycles. The summed E-state index contributed by atoms with van der Waals surface area (Å²) in [5.41, 5.74) is 1.38. The molecule has 0 amide bonds. The van der Waals surface area contributed by atoms with E-state index in [1.165, 1.54) is 5.56 Å². The molecular formula is C13H19NO. The van der Waals surface area contributed by atoms with Gasteiger partial charge in [0.05, 0.1) is 6.10 Å². The van der Waals surface area contributed by atoms with Crippen LogP contribution in [-0.2, 0) is 6.42 Å². The second-order valence-corrected chi connectivity index (χ2v) is 4.48. The summed E-state index contributed by atoms with van der Waals surface area (Å²) < 4.78 is 0. The van der Waals surface area contributed by atoms with Gasteiger partial charge in [0, 0.05) is 19.1 Å². The van der Waals surface area contributed by atoms with Gasteiger partial charge in [0.2, 0.25) is 0 Å². The monoisotopic (exact) mass is 205 g/mol. The highest BCUT2D eigenvalue weighted by molar-refractivity contribution is 5.15. The van der Waals surface area contributed by atoms with Crippen molar-refractivity contribution in [3.8, 4) is 0 Å². The van der Waals surface area contributed by atoms with Crippen molar-refractivity contribution in [1.82, 2.24) is 4.90 Å². The Morgan fingerprint density at radius 2 is 2.13 bits per heavy atom. The number of benzene rings is 1. The predicted octanol–water partition coefficient (Wildman–Crippen LogP) is 1.68. The normalized spacial score (nSPS) is 24.3. The number of hydrogen-bond acceptors (Lipinski definition) is 2. The van der Waals surface area contributed by atoms with E-state index in [1.807, 2.05) is 6.07 Å². The molecular weight excluding hydrogens is 186 g/mol. The van der Waals surface area contributed by atoms with Crippen LogP contribution in [0.5, 0.6) is 0 Å². The Morgan fingerprint density at radius 3 is 2.73 bits per heavy atom. The SMILES string of the molecule is C[C@@H](Cc1ccccc1)N1CC[C@H](O)C1. The van der Waals surface area contributed by atoms with Gasteiger partial charge in [-0.05, 0) is 25.3 Å². The van der Waals surface area contributed by atoms with E-state index in [4.69, 9.17) is 0 Å². The van der Waals surface area contributed by atoms with Crippen molar-refractivity contribution in [1.29, 1.82) is 0 Å². The Balaban J connectivity index is 1.90. The standard InChI is InChI=1S/C13H19NO/c1-11(14-8-7-13(15)10-14)9-12-5-3-2-4-6-12/h2-6,11,13,15H,7-10H2,1H3/t11-,13-/m0/s1. The third-order valence-electron chi connectivity index (χ3n) is 3.19. The zero-order valence-electron chi connectivity index (χ0n) is 9.26. The third-order valence-corrected chi connectivity index (χ3v) is 3.19. The topological polar surface area (TPSA) is 23.5 Å². The van der Waals surface area contributed by atoms with Crippen LogP contribution in [0.3, 0.4) is 0 Å². The molecule has 0 aliphatic carbocycles. The van der Waals surface area contributed by atoms with Crippen LogP contribution < -0.4 is 0 Å². The smallest absolute Gasteiger partial charge is 0.0679 e. The largest absolute Gasteiger partial charge is 0.392 e. The number of aliphatic hydroxyl groups excluding tert-OH is 1. The molecule has 2 nitrogen and oxygen atoms in total. The first-order valence-electron chi connectivity index (χ1n) is 5.72. The average Bonchev–Trinajstić information content (AvgIpc) is 2.66. The Kier molecular flexibility index (Phi) is 3.39. The molecule has 2 rings (SSSR count). The van der Waals surface area contributed by atoms with E-state index in [0.29, 0.717) is 6.04 Å². The zero-order valence-corrected chi connectivity index (χ0v) is 9.26. The number of likely N-dealkylation sites (tertiary alicyclic amines) is 1. The van der Waals surface area contributed by atoms with Crippen LogP contribution in [-0.4, -0.2) is 35.2 Å². The molecule has 2 heteroatoms. The molecule has 0 unspecified atom stereocenters. The third kappa shape index (κ3) is 2.80. The fourth-order valence-corrected chi connectivity index (χ4v) is 2.25. The van der Waals surface area contributed by atoms with Crippen LogP contribution in [0, 0.1) is 0 Å². The lowest BCUT2D eigenvalue weighted by Gasteiger charge is -2.23. The van der Waals surface area contributed by atoms with E-state index in [2.05, 4.69) is 36.1 Å². The molecule has 0 aromatic heterocycles. The average molecular weight is 205 g/mol. The minimum absolute atomic E-state index is 0.108. The van der Waals surface area contributed by atoms with E-state index in [0.717, 1.165) is 25.9 Å². The molecule has 15 heavy (non-hydrogen) atoms. The predicted molar refractivity (Wildman–Crippen MR) is 61.8 cm³/mol. The van der Waals surface area contributed by atoms with Gasteiger partial charge >= 0.3 is 0 Å². The van der Waals surface area contributed by atoms with E-state index in [1.54, 1.807) is 0 Å². The quantitative estimate of drug-likeness (QED) is 0.811. The highest BCUT2D eigenvalue weighted by Crippen LogP contribution is 2.15. The van der Waals surface area contributed by atoms with Crippen LogP contribution in [0.2, 0.25) is 0 Å². The van der Waals surface area contributed by atoms with Crippen LogP contribution in [0.25, 0.3) is 0 Å². The van der Waals surface area contributed by atoms with Crippen molar-refractivity contribution in [2.24, 2.45) is 0 Å². The van der Waals surface area contributed by atoms with Gasteiger partial charge in [-0.3, -0.25) is 4.90 Å². The fourth-order valence-electron chi connectivity index (χ4n) is 2.25. The molecule has 0 spiro atoms. The molecule has 0 radical (unpaired) electrons. The molecule has 2 atom stereocenters. The summed E-state index contributed by atoms with van der Waals surface area (Å²) in [6.07, 6.45) is 1.90. The second kappa shape index (κ2) is 4.77. The maximum Gasteiger partial charge on any atom is 0.0679 e. The van der Waals surface area contributed by atoms with Gasteiger partial charge in [0.1, 0.15) is 0 Å². The molecule has 1 N–H and O–H groups in total. The summed E-state index contributed by atoms with van der Waals surface area (Å²) in [5.74, 6) is 0. The van der Waals surface area contributed by atoms with Gasteiger partial charge in [-0.2, -0.15) is 0 Å². The summed E-state index contributed by atoms with van der Waals surface area (Å²) in [5, 5.41) is 9.47. The Bertz CT molecular complexity index is 299. The molecule has 1 aromatic rings. The lowest BCUT2D eigenvalue weighted by atomic mass is 10.1. The summed E-state index contributed by atoms with van der Waals surface area (Å²) >= 11 is 0. The first-order valence-corrected chi connectivity index (χ1v) is 5.72. The lowest BCUT2D eigenvalue weighted by Crippen LogP contribution is -2.33. The van der Waals surface area contributed by atoms with Gasteiger partial charge in [0.15, 0.2) is 0 Å². The van der Waals surface area contributed by atoms with E-state index in [-0.39, 0.29) is 6.10 Å². The minimum Gasteiger partial charge on any atom is -0.392 e. The van der Waals surface area contributed by atoms with E-state index >= 15 is 0 Å². The Hall–Kier alpha value is -0.860. The summed E-state index contributed by atoms with van der Waals surface area (Å²) in [6, 6.07) is 11.1. The first kappa shape index (κ1) is 10.7. The summed E-state index contributed by atoms with van der Waals surface area (Å²) in [6.45, 7) is 4.12. The minimum atomic E-state index is -0.108. The summed E-state index contributed by atoms with van der Waals surface area (Å²) in [4.78, 5) is 2.37. The number of rotatable bonds is 3. The van der Waals surface area contributed by atoms with Gasteiger partial charge < -0.3 is 5.11 Å². The van der Waals surface area contributed by atoms with Crippen LogP contribution in [0.4, 0.5) is 0 Å². The number of β-amino-alcohol motifs (C(OH)–C–C–N with tert-alkyl or cyclic N) is 1. The maximum absolute atomic E-state index is 9.47. The van der Waals surface area contributed by atoms with Crippen molar-refractivity contribution in [3.05, 3.63) is 35.9 Å². The number of hydrogen-bond donors (Lipinski definition) is 1. The molecule has 82 valence electrons. The number of aliphatic hydroxyl groups is 1. The molecule has 1 saturated heterocycles. The Labute approximate surface area is 91.5 Å². The van der Waals surface area contributed by atoms with Crippen molar-refractivity contribution in [2.45, 2.75) is 31.9 Å². The van der Waals surface area contributed by atoms with Crippen molar-refractivity contribution >= 4 is 0 Å². The van der Waals surface area contributed by atoms with Crippen molar-refractivity contribution < 1.29 is 5.11 Å². The highest BCUT2D eigenvalue weighted by Gasteiger charge is 2.24. The van der Waals surface area contributed by atoms with Crippen molar-refractivity contribution in [2.75, 3.05) is 13.1 Å². The zero-order chi connectivity index (χ0) is 10.7. The van der Waals surface area contributed by atoms with E-state index in [9.17, 15) is 5.11 Å². The van der Waals surface area contributed by atoms with Crippen molar-refractivity contribution in [3.63, 3.8) is 0 Å². The molecule has 1 aromatic carbocycles. The molecule has 1 heterocycles. The van der Waals surface area contributed by atoms with Crippen LogP contribution in [0.1, 0.15) is 18.9 Å². The Morgan fingerprint density at radius 1 is 1.40 bits per heavy atom. The van der Waals surface area contributed by atoms with E-state index < -0.39 is 0 Å². The summed E-state index contributed by atoms with van der Waals surface area (Å²) in [7, 11) is 0. The van der Waals surface area contributed by atoms with Gasteiger partial charge in [-0.25, -0.2) is 0 Å². The van der Waals surface area contributed by atoms with Gasteiger partial charge in [-0.15, -0.1) is 0 Å². The lowest BCUT2D eigenvalue weighted by molar-refractivity contribution is 0.162. The second-order valence-electron chi connectivity index (χ2n) is 4.48. The van der Waals surface area contributed by atoms with Crippen LogP contribution in [0.15, 0.2) is 30.3 Å². The molecule has 1 aliphatic heterocycles. The van der Waals surface area contributed by atoms with Crippen LogP contribution >= 0.6 is 0 Å². The fraction of sp³-hybridized carbons (Fsp3) is 0.538. The van der Waals surface area contributed by atoms with Gasteiger partial charge in [-0.1, -0.05) is 30.3 Å².